The van der Waals surface area contributed by atoms with Crippen LogP contribution in [-0.4, -0.2) is 51.6 Å². The molecule has 0 aliphatic carbocycles. The van der Waals surface area contributed by atoms with Crippen molar-refractivity contribution in [3.8, 4) is 0 Å². The van der Waals surface area contributed by atoms with E-state index in [1.54, 1.807) is 43.7 Å². The third-order valence-corrected chi connectivity index (χ3v) is 3.70. The van der Waals surface area contributed by atoms with E-state index in [0.29, 0.717) is 11.5 Å². The van der Waals surface area contributed by atoms with E-state index in [-0.39, 0.29) is 11.9 Å². The van der Waals surface area contributed by atoms with E-state index in [1.165, 1.54) is 0 Å². The lowest BCUT2D eigenvalue weighted by molar-refractivity contribution is 0.0826. The summed E-state index contributed by atoms with van der Waals surface area (Å²) in [6.45, 7) is 0.878. The number of nitrogens with one attached hydrogen (secondary N) is 1. The van der Waals surface area contributed by atoms with E-state index in [4.69, 9.17) is 0 Å². The van der Waals surface area contributed by atoms with Gasteiger partial charge in [-0.3, -0.25) is 9.89 Å². The molecule has 1 amide bonds. The zero-order valence-corrected chi connectivity index (χ0v) is 12.2. The molecule has 7 nitrogen and oxygen atoms in total. The second-order valence-corrected chi connectivity index (χ2v) is 5.30. The van der Waals surface area contributed by atoms with Crippen LogP contribution < -0.4 is 4.90 Å². The Morgan fingerprint density at radius 1 is 1.38 bits per heavy atom. The number of H-pyrrole nitrogens is 1. The van der Waals surface area contributed by atoms with Crippen molar-refractivity contribution in [2.75, 3.05) is 25.5 Å². The SMILES string of the molecule is CN(C)C(=O)c1cn[nH]c1C1CCCN1c1ncccn1. The highest BCUT2D eigenvalue weighted by molar-refractivity contribution is 5.95. The van der Waals surface area contributed by atoms with Gasteiger partial charge < -0.3 is 9.80 Å². The number of nitrogens with zero attached hydrogens (tertiary/aromatic N) is 5. The first-order chi connectivity index (χ1) is 10.2. The van der Waals surface area contributed by atoms with Crippen molar-refractivity contribution in [1.29, 1.82) is 0 Å². The quantitative estimate of drug-likeness (QED) is 0.918. The van der Waals surface area contributed by atoms with Crippen LogP contribution in [0.3, 0.4) is 0 Å². The molecule has 1 atom stereocenters. The first kappa shape index (κ1) is 13.5. The van der Waals surface area contributed by atoms with Gasteiger partial charge in [0.25, 0.3) is 5.91 Å². The van der Waals surface area contributed by atoms with Gasteiger partial charge in [-0.1, -0.05) is 0 Å². The number of amides is 1. The van der Waals surface area contributed by atoms with E-state index in [9.17, 15) is 4.79 Å². The molecule has 1 aliphatic rings. The van der Waals surface area contributed by atoms with Gasteiger partial charge in [-0.05, 0) is 18.9 Å². The Bertz CT molecular complexity index is 623. The Balaban J connectivity index is 1.93. The van der Waals surface area contributed by atoms with Gasteiger partial charge in [0.2, 0.25) is 5.95 Å². The number of rotatable bonds is 3. The van der Waals surface area contributed by atoms with Gasteiger partial charge in [-0.15, -0.1) is 0 Å². The highest BCUT2D eigenvalue weighted by Crippen LogP contribution is 2.34. The molecule has 0 saturated carbocycles. The molecule has 1 fully saturated rings. The van der Waals surface area contributed by atoms with E-state index in [2.05, 4.69) is 25.1 Å². The molecule has 1 aliphatic heterocycles. The van der Waals surface area contributed by atoms with Gasteiger partial charge in [0, 0.05) is 33.0 Å². The number of carbonyl (C=O) groups is 1. The summed E-state index contributed by atoms with van der Waals surface area (Å²) in [6.07, 6.45) is 7.05. The Morgan fingerprint density at radius 3 is 2.86 bits per heavy atom. The second kappa shape index (κ2) is 5.51. The summed E-state index contributed by atoms with van der Waals surface area (Å²) < 4.78 is 0. The van der Waals surface area contributed by atoms with E-state index in [1.807, 2.05) is 0 Å². The number of hydrogen-bond acceptors (Lipinski definition) is 5. The van der Waals surface area contributed by atoms with Crippen LogP contribution in [0.15, 0.2) is 24.7 Å². The predicted octanol–water partition coefficient (Wildman–Crippen LogP) is 1.24. The van der Waals surface area contributed by atoms with Crippen molar-refractivity contribution in [1.82, 2.24) is 25.1 Å². The van der Waals surface area contributed by atoms with Crippen molar-refractivity contribution in [2.24, 2.45) is 0 Å². The van der Waals surface area contributed by atoms with Crippen molar-refractivity contribution in [3.63, 3.8) is 0 Å². The number of carbonyl (C=O) groups excluding carboxylic acids is 1. The van der Waals surface area contributed by atoms with Crippen LogP contribution in [-0.2, 0) is 0 Å². The maximum absolute atomic E-state index is 12.2. The Hall–Kier alpha value is -2.44. The summed E-state index contributed by atoms with van der Waals surface area (Å²) >= 11 is 0. The Kier molecular flexibility index (Phi) is 3.55. The maximum atomic E-state index is 12.2. The van der Waals surface area contributed by atoms with Gasteiger partial charge in [0.15, 0.2) is 0 Å². The monoisotopic (exact) mass is 286 g/mol. The molecule has 2 aromatic heterocycles. The summed E-state index contributed by atoms with van der Waals surface area (Å²) in [5.74, 6) is 0.650. The first-order valence-electron chi connectivity index (χ1n) is 6.97. The molecule has 1 saturated heterocycles. The highest BCUT2D eigenvalue weighted by Gasteiger charge is 2.32. The van der Waals surface area contributed by atoms with Gasteiger partial charge in [0.1, 0.15) is 0 Å². The topological polar surface area (TPSA) is 78.0 Å². The normalized spacial score (nSPS) is 18.0. The van der Waals surface area contributed by atoms with E-state index < -0.39 is 0 Å². The second-order valence-electron chi connectivity index (χ2n) is 5.30. The smallest absolute Gasteiger partial charge is 0.256 e. The van der Waals surface area contributed by atoms with Crippen molar-refractivity contribution in [3.05, 3.63) is 35.9 Å². The average Bonchev–Trinajstić information content (AvgIpc) is 3.15. The summed E-state index contributed by atoms with van der Waals surface area (Å²) in [6, 6.07) is 1.86. The molecule has 0 radical (unpaired) electrons. The fourth-order valence-electron chi connectivity index (χ4n) is 2.71. The molecular formula is C14H18N6O. The molecule has 1 N–H and O–H groups in total. The minimum absolute atomic E-state index is 0.0421. The maximum Gasteiger partial charge on any atom is 0.256 e. The number of aromatic nitrogens is 4. The highest BCUT2D eigenvalue weighted by atomic mass is 16.2. The summed E-state index contributed by atoms with van der Waals surface area (Å²) in [5, 5.41) is 7.05. The zero-order chi connectivity index (χ0) is 14.8. The third-order valence-electron chi connectivity index (χ3n) is 3.70. The minimum atomic E-state index is -0.0421. The van der Waals surface area contributed by atoms with Crippen LogP contribution in [0.5, 0.6) is 0 Å². The molecule has 3 heterocycles. The van der Waals surface area contributed by atoms with Crippen LogP contribution in [0.25, 0.3) is 0 Å². The van der Waals surface area contributed by atoms with Gasteiger partial charge >= 0.3 is 0 Å². The lowest BCUT2D eigenvalue weighted by Crippen LogP contribution is -2.28. The minimum Gasteiger partial charge on any atom is -0.345 e. The van der Waals surface area contributed by atoms with E-state index in [0.717, 1.165) is 25.1 Å². The number of anilines is 1. The lowest BCUT2D eigenvalue weighted by Gasteiger charge is -2.24. The van der Waals surface area contributed by atoms with Crippen LogP contribution >= 0.6 is 0 Å². The molecule has 0 aromatic carbocycles. The molecular weight excluding hydrogens is 268 g/mol. The number of aromatic amines is 1. The molecule has 1 unspecified atom stereocenters. The summed E-state index contributed by atoms with van der Waals surface area (Å²) in [5.41, 5.74) is 1.46. The summed E-state index contributed by atoms with van der Waals surface area (Å²) in [4.78, 5) is 24.6. The van der Waals surface area contributed by atoms with Crippen molar-refractivity contribution >= 4 is 11.9 Å². The zero-order valence-electron chi connectivity index (χ0n) is 12.2. The fraction of sp³-hybridized carbons (Fsp3) is 0.429. The molecule has 3 rings (SSSR count). The van der Waals surface area contributed by atoms with Gasteiger partial charge in [-0.2, -0.15) is 5.10 Å². The molecule has 110 valence electrons. The fourth-order valence-corrected chi connectivity index (χ4v) is 2.71. The van der Waals surface area contributed by atoms with Crippen LogP contribution in [0.2, 0.25) is 0 Å². The molecule has 21 heavy (non-hydrogen) atoms. The standard InChI is InChI=1S/C14H18N6O/c1-19(2)13(21)10-9-17-18-12(10)11-5-3-8-20(11)14-15-6-4-7-16-14/h4,6-7,9,11H,3,5,8H2,1-2H3,(H,17,18). The molecule has 0 spiro atoms. The number of hydrogen-bond donors (Lipinski definition) is 1. The Labute approximate surface area is 123 Å². The first-order valence-corrected chi connectivity index (χ1v) is 6.97. The Morgan fingerprint density at radius 2 is 2.14 bits per heavy atom. The van der Waals surface area contributed by atoms with Gasteiger partial charge in [-0.25, -0.2) is 9.97 Å². The molecule has 7 heteroatoms. The third kappa shape index (κ3) is 2.46. The predicted molar refractivity (Wildman–Crippen MR) is 78.0 cm³/mol. The molecule has 0 bridgehead atoms. The van der Waals surface area contributed by atoms with Crippen LogP contribution in [0.1, 0.15) is 34.9 Å². The van der Waals surface area contributed by atoms with Crippen molar-refractivity contribution < 1.29 is 4.79 Å². The largest absolute Gasteiger partial charge is 0.345 e. The summed E-state index contributed by atoms with van der Waals surface area (Å²) in [7, 11) is 3.48. The van der Waals surface area contributed by atoms with E-state index >= 15 is 0 Å². The van der Waals surface area contributed by atoms with Crippen molar-refractivity contribution in [2.45, 2.75) is 18.9 Å². The van der Waals surface area contributed by atoms with Gasteiger partial charge in [0.05, 0.1) is 23.5 Å². The van der Waals surface area contributed by atoms with Crippen LogP contribution in [0.4, 0.5) is 5.95 Å². The molecule has 2 aromatic rings. The lowest BCUT2D eigenvalue weighted by atomic mass is 10.1. The average molecular weight is 286 g/mol. The van der Waals surface area contributed by atoms with Crippen LogP contribution in [0, 0.1) is 0 Å².